The molecule has 3 N–H and O–H groups in total. The number of benzene rings is 3. The van der Waals surface area contributed by atoms with Crippen molar-refractivity contribution in [3.05, 3.63) is 83.9 Å². The van der Waals surface area contributed by atoms with E-state index in [9.17, 15) is 14.4 Å². The van der Waals surface area contributed by atoms with Gasteiger partial charge in [-0.15, -0.1) is 11.8 Å². The highest BCUT2D eigenvalue weighted by Gasteiger charge is 2.31. The van der Waals surface area contributed by atoms with E-state index >= 15 is 0 Å². The Morgan fingerprint density at radius 3 is 2.49 bits per heavy atom. The van der Waals surface area contributed by atoms with Gasteiger partial charge in [-0.2, -0.15) is 0 Å². The number of rotatable bonds is 8. The number of amides is 4. The third kappa shape index (κ3) is 6.51. The van der Waals surface area contributed by atoms with E-state index < -0.39 is 6.04 Å². The van der Waals surface area contributed by atoms with Crippen LogP contribution >= 0.6 is 11.8 Å². The van der Waals surface area contributed by atoms with Gasteiger partial charge in [0.2, 0.25) is 5.91 Å². The number of nitrogens with zero attached hydrogens (tertiary/aromatic N) is 1. The van der Waals surface area contributed by atoms with E-state index in [1.165, 1.54) is 0 Å². The van der Waals surface area contributed by atoms with E-state index in [0.29, 0.717) is 25.3 Å². The normalized spacial score (nSPS) is 14.9. The molecule has 0 bridgehead atoms. The second-order valence-corrected chi connectivity index (χ2v) is 9.92. The Hall–Kier alpha value is -3.78. The molecule has 3 aromatic carbocycles. The summed E-state index contributed by atoms with van der Waals surface area (Å²) in [5, 5.41) is 8.35. The molecule has 0 spiro atoms. The Bertz CT molecular complexity index is 1260. The average molecular weight is 517 g/mol. The van der Waals surface area contributed by atoms with Crippen molar-refractivity contribution in [1.29, 1.82) is 0 Å². The van der Waals surface area contributed by atoms with Crippen LogP contribution in [0.3, 0.4) is 0 Å². The van der Waals surface area contributed by atoms with Gasteiger partial charge in [0.15, 0.2) is 0 Å². The number of thioether (sulfide) groups is 1. The minimum atomic E-state index is -0.574. The van der Waals surface area contributed by atoms with Crippen LogP contribution in [0, 0.1) is 0 Å². The first kappa shape index (κ1) is 26.3. The average Bonchev–Trinajstić information content (AvgIpc) is 3.05. The summed E-state index contributed by atoms with van der Waals surface area (Å²) in [6.45, 7) is 2.77. The van der Waals surface area contributed by atoms with Gasteiger partial charge in [0.25, 0.3) is 5.91 Å². The molecule has 1 aliphatic rings. The molecule has 7 nitrogen and oxygen atoms in total. The molecule has 1 aliphatic heterocycles. The molecule has 0 unspecified atom stereocenters. The van der Waals surface area contributed by atoms with Crippen molar-refractivity contribution in [1.82, 2.24) is 16.0 Å². The van der Waals surface area contributed by atoms with Crippen LogP contribution in [0.4, 0.5) is 10.5 Å². The highest BCUT2D eigenvalue weighted by molar-refractivity contribution is 7.99. The van der Waals surface area contributed by atoms with Crippen LogP contribution < -0.4 is 20.9 Å². The van der Waals surface area contributed by atoms with Gasteiger partial charge in [0.1, 0.15) is 6.04 Å². The van der Waals surface area contributed by atoms with Gasteiger partial charge < -0.3 is 20.9 Å². The predicted octanol–water partition coefficient (Wildman–Crippen LogP) is 4.71. The SMILES string of the molecule is CCCC(=O)N[C@@H]1CSc2ccccc2N(Cc2ccc(-c3ccccc3CNC(=O)NC)cc2)C1=O. The number of para-hydroxylation sites is 1. The fourth-order valence-corrected chi connectivity index (χ4v) is 5.38. The zero-order valence-corrected chi connectivity index (χ0v) is 21.9. The van der Waals surface area contributed by atoms with Crippen LogP contribution in [0.1, 0.15) is 30.9 Å². The molecule has 4 rings (SSSR count). The summed E-state index contributed by atoms with van der Waals surface area (Å²) in [4.78, 5) is 40.3. The lowest BCUT2D eigenvalue weighted by atomic mass is 9.98. The first-order valence-electron chi connectivity index (χ1n) is 12.5. The summed E-state index contributed by atoms with van der Waals surface area (Å²) in [6.07, 6.45) is 1.14. The van der Waals surface area contributed by atoms with Crippen molar-refractivity contribution >= 4 is 35.3 Å². The molecular weight excluding hydrogens is 484 g/mol. The van der Waals surface area contributed by atoms with Crippen LogP contribution in [-0.2, 0) is 22.7 Å². The second-order valence-electron chi connectivity index (χ2n) is 8.86. The molecule has 0 fully saturated rings. The molecule has 3 aromatic rings. The first-order chi connectivity index (χ1) is 18.0. The quantitative estimate of drug-likeness (QED) is 0.405. The third-order valence-electron chi connectivity index (χ3n) is 6.23. The lowest BCUT2D eigenvalue weighted by molar-refractivity contribution is -0.127. The lowest BCUT2D eigenvalue weighted by Crippen LogP contribution is -2.49. The lowest BCUT2D eigenvalue weighted by Gasteiger charge is -2.26. The maximum absolute atomic E-state index is 13.6. The van der Waals surface area contributed by atoms with E-state index in [-0.39, 0.29) is 17.8 Å². The monoisotopic (exact) mass is 516 g/mol. The van der Waals surface area contributed by atoms with Gasteiger partial charge >= 0.3 is 6.03 Å². The number of hydrogen-bond donors (Lipinski definition) is 3. The molecule has 37 heavy (non-hydrogen) atoms. The fraction of sp³-hybridized carbons (Fsp3) is 0.276. The maximum Gasteiger partial charge on any atom is 0.314 e. The Labute approximate surface area is 222 Å². The zero-order valence-electron chi connectivity index (χ0n) is 21.1. The Morgan fingerprint density at radius 1 is 1.00 bits per heavy atom. The smallest absolute Gasteiger partial charge is 0.314 e. The molecule has 4 amide bonds. The molecule has 0 radical (unpaired) electrons. The van der Waals surface area contributed by atoms with Crippen LogP contribution in [0.2, 0.25) is 0 Å². The number of urea groups is 1. The predicted molar refractivity (Wildman–Crippen MR) is 148 cm³/mol. The number of anilines is 1. The first-order valence-corrected chi connectivity index (χ1v) is 13.4. The molecular formula is C29H32N4O3S. The summed E-state index contributed by atoms with van der Waals surface area (Å²) in [6, 6.07) is 23.2. The number of fused-ring (bicyclic) bond motifs is 1. The topological polar surface area (TPSA) is 90.5 Å². The van der Waals surface area contributed by atoms with Crippen molar-refractivity contribution in [2.75, 3.05) is 17.7 Å². The molecule has 0 aromatic heterocycles. The number of nitrogens with one attached hydrogen (secondary N) is 3. The Balaban J connectivity index is 1.56. The fourth-order valence-electron chi connectivity index (χ4n) is 4.31. The van der Waals surface area contributed by atoms with Crippen LogP contribution in [-0.4, -0.2) is 36.7 Å². The van der Waals surface area contributed by atoms with Gasteiger partial charge in [-0.05, 0) is 40.8 Å². The summed E-state index contributed by atoms with van der Waals surface area (Å²) in [7, 11) is 1.59. The Morgan fingerprint density at radius 2 is 1.73 bits per heavy atom. The summed E-state index contributed by atoms with van der Waals surface area (Å²) >= 11 is 1.59. The molecule has 0 saturated heterocycles. The van der Waals surface area contributed by atoms with Crippen LogP contribution in [0.15, 0.2) is 77.7 Å². The van der Waals surface area contributed by atoms with E-state index in [4.69, 9.17) is 0 Å². The van der Waals surface area contributed by atoms with Crippen molar-refractivity contribution < 1.29 is 14.4 Å². The second kappa shape index (κ2) is 12.5. The molecule has 192 valence electrons. The maximum atomic E-state index is 13.6. The van der Waals surface area contributed by atoms with Crippen molar-refractivity contribution in [3.63, 3.8) is 0 Å². The van der Waals surface area contributed by atoms with Gasteiger partial charge in [0.05, 0.1) is 12.2 Å². The summed E-state index contributed by atoms with van der Waals surface area (Å²) in [5.74, 6) is 0.305. The zero-order chi connectivity index (χ0) is 26.2. The van der Waals surface area contributed by atoms with E-state index in [1.54, 1.807) is 23.7 Å². The van der Waals surface area contributed by atoms with E-state index in [2.05, 4.69) is 16.0 Å². The number of hydrogen-bond acceptors (Lipinski definition) is 4. The minimum absolute atomic E-state index is 0.0960. The van der Waals surface area contributed by atoms with Gasteiger partial charge in [0, 0.05) is 30.7 Å². The highest BCUT2D eigenvalue weighted by Crippen LogP contribution is 2.35. The Kier molecular flexibility index (Phi) is 8.85. The molecule has 0 saturated carbocycles. The highest BCUT2D eigenvalue weighted by atomic mass is 32.2. The molecule has 8 heteroatoms. The number of carbonyl (C=O) groups excluding carboxylic acids is 3. The van der Waals surface area contributed by atoms with Crippen molar-refractivity contribution in [2.24, 2.45) is 0 Å². The van der Waals surface area contributed by atoms with Crippen LogP contribution in [0.25, 0.3) is 11.1 Å². The molecule has 1 heterocycles. The van der Waals surface area contributed by atoms with Gasteiger partial charge in [-0.3, -0.25) is 9.59 Å². The largest absolute Gasteiger partial charge is 0.343 e. The number of carbonyl (C=O) groups is 3. The van der Waals surface area contributed by atoms with Gasteiger partial charge in [-0.1, -0.05) is 67.6 Å². The summed E-state index contributed by atoms with van der Waals surface area (Å²) in [5.41, 5.74) is 4.92. The molecule has 0 aliphatic carbocycles. The van der Waals surface area contributed by atoms with Crippen LogP contribution in [0.5, 0.6) is 0 Å². The third-order valence-corrected chi connectivity index (χ3v) is 7.38. The molecule has 1 atom stereocenters. The summed E-state index contributed by atoms with van der Waals surface area (Å²) < 4.78 is 0. The van der Waals surface area contributed by atoms with E-state index in [0.717, 1.165) is 39.3 Å². The van der Waals surface area contributed by atoms with Crippen molar-refractivity contribution in [2.45, 2.75) is 43.8 Å². The standard InChI is InChI=1S/C29H32N4O3S/c1-3-8-27(34)32-24-19-37-26-12-7-6-11-25(26)33(28(24)35)18-20-13-15-21(16-14-20)23-10-5-4-9-22(23)17-31-29(36)30-2/h4-7,9-16,24H,3,8,17-19H2,1-2H3,(H,32,34)(H2,30,31,36)/t24-/m1/s1. The van der Waals surface area contributed by atoms with E-state index in [1.807, 2.05) is 79.7 Å². The van der Waals surface area contributed by atoms with Crippen molar-refractivity contribution in [3.8, 4) is 11.1 Å². The van der Waals surface area contributed by atoms with Gasteiger partial charge in [-0.25, -0.2) is 4.79 Å². The minimum Gasteiger partial charge on any atom is -0.343 e.